The first kappa shape index (κ1) is 28.1. The number of hydrogen-bond donors (Lipinski definition) is 2. The molecule has 38 heavy (non-hydrogen) atoms. The number of aromatic nitrogens is 3. The highest BCUT2D eigenvalue weighted by molar-refractivity contribution is 9.11. The van der Waals surface area contributed by atoms with E-state index in [1.165, 1.54) is 23.5 Å². The number of phenolic OH excluding ortho intramolecular Hbond substituents is 1. The minimum atomic E-state index is -0.311. The van der Waals surface area contributed by atoms with Crippen molar-refractivity contribution in [1.29, 1.82) is 0 Å². The molecule has 0 atom stereocenters. The smallest absolute Gasteiger partial charge is 0.250 e. The van der Waals surface area contributed by atoms with E-state index in [-0.39, 0.29) is 22.8 Å². The van der Waals surface area contributed by atoms with Crippen molar-refractivity contribution in [3.63, 3.8) is 0 Å². The first-order chi connectivity index (χ1) is 18.0. The highest BCUT2D eigenvalue weighted by Gasteiger charge is 2.19. The molecule has 4 rings (SSSR count). The van der Waals surface area contributed by atoms with Crippen LogP contribution in [0, 0.1) is 6.92 Å². The zero-order chi connectivity index (χ0) is 27.4. The number of amides is 1. The monoisotopic (exact) mass is 655 g/mol. The molecule has 0 radical (unpaired) electrons. The fraction of sp³-hybridized carbons (Fsp3) is 0.214. The molecule has 0 aliphatic carbocycles. The van der Waals surface area contributed by atoms with Crippen molar-refractivity contribution in [1.82, 2.24) is 20.2 Å². The SMILES string of the molecule is Cc1ccc(-n2c(SCC(=O)NN=Cc3cc(Br)cc(Br)c3O)nnc2-c2ccc(C(C)(C)C)cc2)cc1. The average molecular weight is 657 g/mol. The number of carbonyl (C=O) groups excluding carboxylic acids is 1. The van der Waals surface area contributed by atoms with Gasteiger partial charge in [-0.2, -0.15) is 5.10 Å². The van der Waals surface area contributed by atoms with E-state index < -0.39 is 0 Å². The molecule has 7 nitrogen and oxygen atoms in total. The fourth-order valence-corrected chi connectivity index (χ4v) is 5.62. The average Bonchev–Trinajstić information content (AvgIpc) is 3.29. The van der Waals surface area contributed by atoms with Gasteiger partial charge >= 0.3 is 0 Å². The molecule has 4 aromatic rings. The van der Waals surface area contributed by atoms with Crippen LogP contribution in [0.5, 0.6) is 5.75 Å². The summed E-state index contributed by atoms with van der Waals surface area (Å²) in [6, 6.07) is 19.9. The zero-order valence-corrected chi connectivity index (χ0v) is 25.4. The lowest BCUT2D eigenvalue weighted by atomic mass is 9.87. The van der Waals surface area contributed by atoms with E-state index in [2.05, 4.69) is 97.6 Å². The maximum atomic E-state index is 12.5. The molecule has 10 heteroatoms. The number of thioether (sulfide) groups is 1. The number of hydrogen-bond acceptors (Lipinski definition) is 6. The Bertz CT molecular complexity index is 1480. The molecule has 2 N–H and O–H groups in total. The first-order valence-electron chi connectivity index (χ1n) is 11.8. The van der Waals surface area contributed by atoms with Gasteiger partial charge in [0, 0.05) is 21.3 Å². The molecule has 1 heterocycles. The van der Waals surface area contributed by atoms with Crippen LogP contribution in [0.4, 0.5) is 0 Å². The van der Waals surface area contributed by atoms with Crippen LogP contribution in [-0.4, -0.2) is 37.7 Å². The Hall–Kier alpha value is -2.95. The Labute approximate surface area is 243 Å². The van der Waals surface area contributed by atoms with Gasteiger partial charge in [-0.25, -0.2) is 5.43 Å². The molecule has 0 saturated heterocycles. The van der Waals surface area contributed by atoms with E-state index >= 15 is 0 Å². The van der Waals surface area contributed by atoms with E-state index in [4.69, 9.17) is 0 Å². The van der Waals surface area contributed by atoms with Gasteiger partial charge in [-0.15, -0.1) is 10.2 Å². The van der Waals surface area contributed by atoms with Crippen molar-refractivity contribution >= 4 is 55.7 Å². The van der Waals surface area contributed by atoms with E-state index in [1.54, 1.807) is 12.1 Å². The van der Waals surface area contributed by atoms with Crippen molar-refractivity contribution in [2.45, 2.75) is 38.3 Å². The van der Waals surface area contributed by atoms with Crippen LogP contribution in [-0.2, 0) is 10.2 Å². The second-order valence-corrected chi connectivity index (χ2v) is 12.4. The predicted octanol–water partition coefficient (Wildman–Crippen LogP) is 7.01. The van der Waals surface area contributed by atoms with Crippen LogP contribution in [0.1, 0.15) is 37.5 Å². The second-order valence-electron chi connectivity index (χ2n) is 9.71. The van der Waals surface area contributed by atoms with Gasteiger partial charge in [0.15, 0.2) is 11.0 Å². The highest BCUT2D eigenvalue weighted by atomic mass is 79.9. The lowest BCUT2D eigenvalue weighted by molar-refractivity contribution is -0.118. The van der Waals surface area contributed by atoms with Crippen LogP contribution in [0.15, 0.2) is 79.9 Å². The van der Waals surface area contributed by atoms with Crippen LogP contribution < -0.4 is 5.43 Å². The van der Waals surface area contributed by atoms with Gasteiger partial charge in [0.05, 0.1) is 16.4 Å². The third-order valence-corrected chi connectivity index (χ3v) is 7.71. The Kier molecular flexibility index (Phi) is 8.74. The summed E-state index contributed by atoms with van der Waals surface area (Å²) in [4.78, 5) is 12.5. The number of rotatable bonds is 7. The summed E-state index contributed by atoms with van der Waals surface area (Å²) in [7, 11) is 0. The van der Waals surface area contributed by atoms with Crippen molar-refractivity contribution in [3.8, 4) is 22.8 Å². The van der Waals surface area contributed by atoms with Crippen LogP contribution in [0.25, 0.3) is 17.1 Å². The Morgan fingerprint density at radius 1 is 1.08 bits per heavy atom. The topological polar surface area (TPSA) is 92.4 Å². The normalized spacial score (nSPS) is 11.7. The summed E-state index contributed by atoms with van der Waals surface area (Å²) < 4.78 is 3.25. The molecule has 1 amide bonds. The molecule has 0 aliphatic rings. The Morgan fingerprint density at radius 2 is 1.76 bits per heavy atom. The van der Waals surface area contributed by atoms with Crippen LogP contribution >= 0.6 is 43.6 Å². The number of phenols is 1. The molecule has 0 saturated carbocycles. The van der Waals surface area contributed by atoms with Crippen molar-refractivity contribution in [3.05, 3.63) is 86.3 Å². The number of benzene rings is 3. The Morgan fingerprint density at radius 3 is 2.42 bits per heavy atom. The number of carbonyl (C=O) groups is 1. The molecule has 0 bridgehead atoms. The number of aromatic hydroxyl groups is 1. The molecule has 0 fully saturated rings. The maximum absolute atomic E-state index is 12.5. The largest absolute Gasteiger partial charge is 0.506 e. The lowest BCUT2D eigenvalue weighted by Gasteiger charge is -2.19. The standard InChI is InChI=1S/C28H27Br2N5O2S/c1-17-5-11-22(12-6-17)35-26(18-7-9-20(10-8-18)28(2,3)4)33-34-27(35)38-16-24(36)32-31-15-19-13-21(29)14-23(30)25(19)37/h5-15,37H,16H2,1-4H3,(H,32,36). The minimum absolute atomic E-state index is 0.0369. The molecule has 196 valence electrons. The van der Waals surface area contributed by atoms with Gasteiger partial charge in [0.1, 0.15) is 5.75 Å². The van der Waals surface area contributed by atoms with Gasteiger partial charge in [0.25, 0.3) is 5.91 Å². The molecule has 0 unspecified atom stereocenters. The van der Waals surface area contributed by atoms with Crippen molar-refractivity contribution in [2.24, 2.45) is 5.10 Å². The van der Waals surface area contributed by atoms with E-state index in [9.17, 15) is 9.90 Å². The first-order valence-corrected chi connectivity index (χ1v) is 14.4. The number of hydrazone groups is 1. The predicted molar refractivity (Wildman–Crippen MR) is 160 cm³/mol. The van der Waals surface area contributed by atoms with E-state index in [0.29, 0.717) is 21.0 Å². The fourth-order valence-electron chi connectivity index (χ4n) is 3.62. The molecule has 0 aliphatic heterocycles. The van der Waals surface area contributed by atoms with Gasteiger partial charge < -0.3 is 5.11 Å². The highest BCUT2D eigenvalue weighted by Crippen LogP contribution is 2.31. The zero-order valence-electron chi connectivity index (χ0n) is 21.4. The number of nitrogens with zero attached hydrogens (tertiary/aromatic N) is 4. The summed E-state index contributed by atoms with van der Waals surface area (Å²) in [5, 5.41) is 23.6. The summed E-state index contributed by atoms with van der Waals surface area (Å²) in [6.45, 7) is 8.58. The number of halogens is 2. The van der Waals surface area contributed by atoms with Crippen molar-refractivity contribution < 1.29 is 9.90 Å². The molecule has 0 spiro atoms. The number of nitrogens with one attached hydrogen (secondary N) is 1. The lowest BCUT2D eigenvalue weighted by Crippen LogP contribution is -2.20. The molecule has 3 aromatic carbocycles. The second kappa shape index (κ2) is 11.8. The van der Waals surface area contributed by atoms with Crippen LogP contribution in [0.2, 0.25) is 0 Å². The molecular formula is C28H27Br2N5O2S. The minimum Gasteiger partial charge on any atom is -0.506 e. The summed E-state index contributed by atoms with van der Waals surface area (Å²) in [5.41, 5.74) is 7.24. The van der Waals surface area contributed by atoms with Gasteiger partial charge in [-0.3, -0.25) is 9.36 Å². The third-order valence-electron chi connectivity index (χ3n) is 5.72. The van der Waals surface area contributed by atoms with Gasteiger partial charge in [0.2, 0.25) is 0 Å². The maximum Gasteiger partial charge on any atom is 0.250 e. The quantitative estimate of drug-likeness (QED) is 0.127. The van der Waals surface area contributed by atoms with Gasteiger partial charge in [-0.05, 0) is 58.1 Å². The Balaban J connectivity index is 1.54. The van der Waals surface area contributed by atoms with E-state index in [1.807, 2.05) is 35.8 Å². The summed E-state index contributed by atoms with van der Waals surface area (Å²) in [6.07, 6.45) is 1.39. The summed E-state index contributed by atoms with van der Waals surface area (Å²) in [5.74, 6) is 0.508. The number of aryl methyl sites for hydroxylation is 1. The summed E-state index contributed by atoms with van der Waals surface area (Å²) >= 11 is 7.92. The molecule has 1 aromatic heterocycles. The van der Waals surface area contributed by atoms with Crippen molar-refractivity contribution in [2.75, 3.05) is 5.75 Å². The third kappa shape index (κ3) is 6.73. The van der Waals surface area contributed by atoms with E-state index in [0.717, 1.165) is 21.3 Å². The van der Waals surface area contributed by atoms with Gasteiger partial charge in [-0.1, -0.05) is 90.4 Å². The van der Waals surface area contributed by atoms with Crippen LogP contribution in [0.3, 0.4) is 0 Å². The molecular weight excluding hydrogens is 630 g/mol.